The fourth-order valence-corrected chi connectivity index (χ4v) is 3.80. The van der Waals surface area contributed by atoms with Gasteiger partial charge in [-0.15, -0.1) is 0 Å². The van der Waals surface area contributed by atoms with Gasteiger partial charge in [-0.05, 0) is 36.6 Å². The van der Waals surface area contributed by atoms with E-state index in [2.05, 4.69) is 15.4 Å². The highest BCUT2D eigenvalue weighted by molar-refractivity contribution is 7.88. The van der Waals surface area contributed by atoms with Gasteiger partial charge in [0.15, 0.2) is 5.82 Å². The topological polar surface area (TPSA) is 97.2 Å². The lowest BCUT2D eigenvalue weighted by molar-refractivity contribution is -0.126. The first-order valence-electron chi connectivity index (χ1n) is 8.11. The highest BCUT2D eigenvalue weighted by atomic mass is 32.2. The van der Waals surface area contributed by atoms with E-state index in [9.17, 15) is 13.2 Å². The first-order chi connectivity index (χ1) is 11.9. The molecule has 0 aromatic carbocycles. The molecule has 0 saturated carbocycles. The van der Waals surface area contributed by atoms with Crippen LogP contribution in [-0.4, -0.2) is 52.7 Å². The average Bonchev–Trinajstić information content (AvgIpc) is 3.14. The monoisotopic (exact) mass is 363 g/mol. The van der Waals surface area contributed by atoms with Crippen molar-refractivity contribution < 1.29 is 13.2 Å². The molecule has 2 aromatic heterocycles. The maximum absolute atomic E-state index is 12.4. The predicted molar refractivity (Wildman–Crippen MR) is 92.3 cm³/mol. The van der Waals surface area contributed by atoms with Gasteiger partial charge in [-0.3, -0.25) is 4.79 Å². The van der Waals surface area contributed by atoms with Gasteiger partial charge >= 0.3 is 0 Å². The molecule has 134 valence electrons. The summed E-state index contributed by atoms with van der Waals surface area (Å²) in [5.74, 6) is 0.249. The first-order valence-corrected chi connectivity index (χ1v) is 9.96. The minimum atomic E-state index is -3.25. The molecule has 2 aromatic rings. The lowest BCUT2D eigenvalue weighted by Gasteiger charge is -2.30. The molecule has 3 rings (SSSR count). The van der Waals surface area contributed by atoms with Crippen LogP contribution < -0.4 is 5.32 Å². The number of nitrogens with zero attached hydrogens (tertiary/aromatic N) is 4. The van der Waals surface area contributed by atoms with Crippen LogP contribution in [-0.2, 0) is 21.4 Å². The van der Waals surface area contributed by atoms with Crippen LogP contribution in [0.3, 0.4) is 0 Å². The molecule has 3 heterocycles. The Labute approximate surface area is 146 Å². The SMILES string of the molecule is CS(=O)(=O)N1CCC[C@H](C(=O)NCc2ccnc(-n3cccn3)c2)C1. The second-order valence-corrected chi connectivity index (χ2v) is 8.13. The largest absolute Gasteiger partial charge is 0.352 e. The zero-order valence-electron chi connectivity index (χ0n) is 14.0. The van der Waals surface area contributed by atoms with E-state index < -0.39 is 10.0 Å². The molecular formula is C16H21N5O3S. The molecule has 0 radical (unpaired) electrons. The molecule has 9 heteroatoms. The Morgan fingerprint density at radius 3 is 2.96 bits per heavy atom. The number of carbonyl (C=O) groups is 1. The van der Waals surface area contributed by atoms with Gasteiger partial charge in [-0.1, -0.05) is 0 Å². The van der Waals surface area contributed by atoms with E-state index in [-0.39, 0.29) is 18.4 Å². The van der Waals surface area contributed by atoms with Crippen LogP contribution in [0.15, 0.2) is 36.8 Å². The van der Waals surface area contributed by atoms with Gasteiger partial charge in [0.25, 0.3) is 0 Å². The molecule has 1 saturated heterocycles. The minimum absolute atomic E-state index is 0.120. The number of nitrogens with one attached hydrogen (secondary N) is 1. The maximum Gasteiger partial charge on any atom is 0.224 e. The third kappa shape index (κ3) is 4.43. The highest BCUT2D eigenvalue weighted by Gasteiger charge is 2.29. The van der Waals surface area contributed by atoms with Crippen molar-refractivity contribution in [1.29, 1.82) is 0 Å². The Hall–Kier alpha value is -2.26. The fraction of sp³-hybridized carbons (Fsp3) is 0.438. The normalized spacial score (nSPS) is 18.8. The maximum atomic E-state index is 12.4. The molecule has 1 aliphatic heterocycles. The number of carbonyl (C=O) groups excluding carboxylic acids is 1. The Balaban J connectivity index is 1.60. The molecule has 1 N–H and O–H groups in total. The Bertz CT molecular complexity index is 835. The van der Waals surface area contributed by atoms with Crippen LogP contribution in [0.4, 0.5) is 0 Å². The van der Waals surface area contributed by atoms with E-state index in [1.54, 1.807) is 23.3 Å². The Morgan fingerprint density at radius 2 is 2.24 bits per heavy atom. The number of rotatable bonds is 5. The van der Waals surface area contributed by atoms with Crippen LogP contribution >= 0.6 is 0 Å². The third-order valence-electron chi connectivity index (χ3n) is 4.24. The van der Waals surface area contributed by atoms with Crippen molar-refractivity contribution in [2.45, 2.75) is 19.4 Å². The van der Waals surface area contributed by atoms with Crippen LogP contribution in [0.25, 0.3) is 5.82 Å². The van der Waals surface area contributed by atoms with Gasteiger partial charge in [-0.25, -0.2) is 22.4 Å². The molecular weight excluding hydrogens is 342 g/mol. The molecule has 8 nitrogen and oxygen atoms in total. The molecule has 0 bridgehead atoms. The molecule has 0 unspecified atom stereocenters. The summed E-state index contributed by atoms with van der Waals surface area (Å²) in [5, 5.41) is 7.03. The van der Waals surface area contributed by atoms with Gasteiger partial charge in [0.1, 0.15) is 0 Å². The smallest absolute Gasteiger partial charge is 0.224 e. The van der Waals surface area contributed by atoms with Gasteiger partial charge in [-0.2, -0.15) is 5.10 Å². The molecule has 1 aliphatic rings. The van der Waals surface area contributed by atoms with Crippen molar-refractivity contribution in [1.82, 2.24) is 24.4 Å². The second-order valence-electron chi connectivity index (χ2n) is 6.15. The van der Waals surface area contributed by atoms with E-state index in [0.717, 1.165) is 5.56 Å². The summed E-state index contributed by atoms with van der Waals surface area (Å²) in [7, 11) is -3.25. The Kier molecular flexibility index (Phi) is 5.14. The Morgan fingerprint density at radius 1 is 1.40 bits per heavy atom. The zero-order valence-corrected chi connectivity index (χ0v) is 14.8. The summed E-state index contributed by atoms with van der Waals surface area (Å²) in [4.78, 5) is 16.6. The van der Waals surface area contributed by atoms with Crippen LogP contribution in [0, 0.1) is 5.92 Å². The van der Waals surface area contributed by atoms with E-state index >= 15 is 0 Å². The molecule has 1 amide bonds. The van der Waals surface area contributed by atoms with Gasteiger partial charge in [0, 0.05) is 38.2 Å². The lowest BCUT2D eigenvalue weighted by Crippen LogP contribution is -2.44. The summed E-state index contributed by atoms with van der Waals surface area (Å²) < 4.78 is 26.4. The molecule has 1 fully saturated rings. The van der Waals surface area contributed by atoms with Crippen molar-refractivity contribution in [3.63, 3.8) is 0 Å². The van der Waals surface area contributed by atoms with E-state index in [1.807, 2.05) is 18.2 Å². The number of hydrogen-bond acceptors (Lipinski definition) is 5. The van der Waals surface area contributed by atoms with Gasteiger partial charge in [0.05, 0.1) is 12.2 Å². The number of pyridine rings is 1. The number of piperidine rings is 1. The summed E-state index contributed by atoms with van der Waals surface area (Å²) >= 11 is 0. The highest BCUT2D eigenvalue weighted by Crippen LogP contribution is 2.19. The zero-order chi connectivity index (χ0) is 17.9. The van der Waals surface area contributed by atoms with Crippen LogP contribution in [0.2, 0.25) is 0 Å². The molecule has 1 atom stereocenters. The average molecular weight is 363 g/mol. The number of aromatic nitrogens is 3. The summed E-state index contributed by atoms with van der Waals surface area (Å²) in [5.41, 5.74) is 0.907. The molecule has 25 heavy (non-hydrogen) atoms. The minimum Gasteiger partial charge on any atom is -0.352 e. The standard InChI is InChI=1S/C16H21N5O3S/c1-25(23,24)20-8-2-4-14(12-20)16(22)18-11-13-5-7-17-15(10-13)21-9-3-6-19-21/h3,5-7,9-10,14H,2,4,8,11-12H2,1H3,(H,18,22)/t14-/m0/s1. The summed E-state index contributed by atoms with van der Waals surface area (Å²) in [6, 6.07) is 5.50. The van der Waals surface area contributed by atoms with Crippen molar-refractivity contribution in [3.8, 4) is 5.82 Å². The van der Waals surface area contributed by atoms with E-state index in [0.29, 0.717) is 31.7 Å². The number of hydrogen-bond donors (Lipinski definition) is 1. The van der Waals surface area contributed by atoms with Crippen LogP contribution in [0.5, 0.6) is 0 Å². The predicted octanol–water partition coefficient (Wildman–Crippen LogP) is 0.555. The van der Waals surface area contributed by atoms with E-state index in [4.69, 9.17) is 0 Å². The molecule has 0 spiro atoms. The lowest BCUT2D eigenvalue weighted by atomic mass is 9.99. The number of sulfonamides is 1. The second kappa shape index (κ2) is 7.32. The molecule has 0 aliphatic carbocycles. The summed E-state index contributed by atoms with van der Waals surface area (Å²) in [6.07, 6.45) is 7.72. The van der Waals surface area contributed by atoms with E-state index in [1.165, 1.54) is 10.6 Å². The van der Waals surface area contributed by atoms with Crippen molar-refractivity contribution >= 4 is 15.9 Å². The van der Waals surface area contributed by atoms with Crippen LogP contribution in [0.1, 0.15) is 18.4 Å². The van der Waals surface area contributed by atoms with Crippen molar-refractivity contribution in [2.75, 3.05) is 19.3 Å². The van der Waals surface area contributed by atoms with Crippen molar-refractivity contribution in [3.05, 3.63) is 42.4 Å². The van der Waals surface area contributed by atoms with Gasteiger partial charge < -0.3 is 5.32 Å². The number of amides is 1. The quantitative estimate of drug-likeness (QED) is 0.837. The summed E-state index contributed by atoms with van der Waals surface area (Å²) in [6.45, 7) is 1.10. The third-order valence-corrected chi connectivity index (χ3v) is 5.51. The fourth-order valence-electron chi connectivity index (χ4n) is 2.89. The first kappa shape index (κ1) is 17.6. The van der Waals surface area contributed by atoms with Crippen molar-refractivity contribution in [2.24, 2.45) is 5.92 Å². The van der Waals surface area contributed by atoms with Gasteiger partial charge in [0.2, 0.25) is 15.9 Å².